The van der Waals surface area contributed by atoms with Crippen molar-refractivity contribution >= 4 is 16.3 Å². The van der Waals surface area contributed by atoms with Crippen molar-refractivity contribution in [3.05, 3.63) is 35.0 Å². The molecule has 3 aromatic rings. The fourth-order valence-electron chi connectivity index (χ4n) is 2.20. The molecule has 2 heterocycles. The highest BCUT2D eigenvalue weighted by Gasteiger charge is 2.20. The summed E-state index contributed by atoms with van der Waals surface area (Å²) in [7, 11) is 1.61. The minimum atomic E-state index is 0.403. The molecule has 22 heavy (non-hydrogen) atoms. The normalized spacial score (nSPS) is 10.8. The lowest BCUT2D eigenvalue weighted by Crippen LogP contribution is -1.96. The van der Waals surface area contributed by atoms with E-state index < -0.39 is 0 Å². The lowest BCUT2D eigenvalue weighted by Gasteiger charge is -2.07. The molecule has 0 fully saturated rings. The Balaban J connectivity index is 2.16. The molecule has 0 N–H and O–H groups in total. The van der Waals surface area contributed by atoms with Gasteiger partial charge in [-0.25, -0.2) is 4.98 Å². The molecule has 0 radical (unpaired) electrons. The molecule has 0 bridgehead atoms. The number of ether oxygens (including phenoxy) is 2. The molecular formula is C15H14N4O2S. The van der Waals surface area contributed by atoms with Crippen LogP contribution in [0, 0.1) is 11.3 Å². The highest BCUT2D eigenvalue weighted by molar-refractivity contribution is 7.16. The van der Waals surface area contributed by atoms with Crippen molar-refractivity contribution in [1.82, 2.24) is 14.6 Å². The molecule has 0 saturated heterocycles. The van der Waals surface area contributed by atoms with Crippen molar-refractivity contribution < 1.29 is 9.47 Å². The van der Waals surface area contributed by atoms with Crippen LogP contribution in [-0.4, -0.2) is 28.3 Å². The Kier molecular flexibility index (Phi) is 4.04. The second kappa shape index (κ2) is 6.13. The number of methoxy groups -OCH3 is 1. The van der Waals surface area contributed by atoms with Crippen LogP contribution in [0.2, 0.25) is 0 Å². The molecule has 3 rings (SSSR count). The zero-order valence-corrected chi connectivity index (χ0v) is 13.1. The summed E-state index contributed by atoms with van der Waals surface area (Å²) in [5.74, 6) is 0.712. The molecule has 0 unspecified atom stereocenters. The maximum atomic E-state index is 9.51. The molecule has 1 aromatic carbocycles. The zero-order valence-electron chi connectivity index (χ0n) is 12.2. The molecule has 112 valence electrons. The number of imidazole rings is 1. The summed E-state index contributed by atoms with van der Waals surface area (Å²) in [4.78, 5) is 5.23. The SMILES string of the molecule is CCOc1ccccc1-c1nc2sc(COC)nn2c1C#N. The van der Waals surface area contributed by atoms with E-state index in [9.17, 15) is 5.26 Å². The van der Waals surface area contributed by atoms with Crippen molar-refractivity contribution in [3.8, 4) is 23.1 Å². The monoisotopic (exact) mass is 314 g/mol. The Bertz CT molecular complexity index is 847. The summed E-state index contributed by atoms with van der Waals surface area (Å²) in [6.45, 7) is 2.88. The van der Waals surface area contributed by atoms with Crippen LogP contribution in [0.3, 0.4) is 0 Å². The molecule has 0 aliphatic rings. The minimum Gasteiger partial charge on any atom is -0.493 e. The zero-order chi connectivity index (χ0) is 15.5. The summed E-state index contributed by atoms with van der Waals surface area (Å²) >= 11 is 1.41. The van der Waals surface area contributed by atoms with E-state index in [1.807, 2.05) is 31.2 Å². The van der Waals surface area contributed by atoms with E-state index in [-0.39, 0.29) is 0 Å². The lowest BCUT2D eigenvalue weighted by molar-refractivity contribution is 0.183. The van der Waals surface area contributed by atoms with E-state index >= 15 is 0 Å². The van der Waals surface area contributed by atoms with Gasteiger partial charge in [-0.05, 0) is 19.1 Å². The van der Waals surface area contributed by atoms with Crippen molar-refractivity contribution in [3.63, 3.8) is 0 Å². The number of benzene rings is 1. The van der Waals surface area contributed by atoms with Gasteiger partial charge in [0.05, 0.1) is 13.2 Å². The third-order valence-corrected chi connectivity index (χ3v) is 3.94. The van der Waals surface area contributed by atoms with Gasteiger partial charge in [-0.2, -0.15) is 14.9 Å². The first-order valence-electron chi connectivity index (χ1n) is 6.78. The lowest BCUT2D eigenvalue weighted by atomic mass is 10.1. The standard InChI is InChI=1S/C15H14N4O2S/c1-3-21-12-7-5-4-6-10(12)14-11(8-16)19-15(17-14)22-13(18-19)9-20-2/h4-7H,3,9H2,1-2H3. The second-order valence-corrected chi connectivity index (χ2v) is 5.51. The molecule has 2 aromatic heterocycles. The van der Waals surface area contributed by atoms with Gasteiger partial charge in [0.2, 0.25) is 4.96 Å². The fraction of sp³-hybridized carbons (Fsp3) is 0.267. The number of nitrogens with zero attached hydrogens (tertiary/aromatic N) is 4. The van der Waals surface area contributed by atoms with Crippen LogP contribution in [0.5, 0.6) is 5.75 Å². The van der Waals surface area contributed by atoms with Crippen LogP contribution in [0.1, 0.15) is 17.6 Å². The molecule has 0 amide bonds. The highest BCUT2D eigenvalue weighted by Crippen LogP contribution is 2.33. The van der Waals surface area contributed by atoms with Crippen molar-refractivity contribution in [2.45, 2.75) is 13.5 Å². The van der Waals surface area contributed by atoms with Gasteiger partial charge in [0, 0.05) is 12.7 Å². The highest BCUT2D eigenvalue weighted by atomic mass is 32.1. The van der Waals surface area contributed by atoms with Gasteiger partial charge >= 0.3 is 0 Å². The molecular weight excluding hydrogens is 300 g/mol. The van der Waals surface area contributed by atoms with E-state index in [0.717, 1.165) is 10.6 Å². The average molecular weight is 314 g/mol. The van der Waals surface area contributed by atoms with Crippen molar-refractivity contribution in [1.29, 1.82) is 5.26 Å². The molecule has 0 atom stereocenters. The predicted molar refractivity (Wildman–Crippen MR) is 82.9 cm³/mol. The number of hydrogen-bond acceptors (Lipinski definition) is 6. The van der Waals surface area contributed by atoms with Crippen LogP contribution in [-0.2, 0) is 11.3 Å². The van der Waals surface area contributed by atoms with Gasteiger partial charge in [0.25, 0.3) is 0 Å². The van der Waals surface area contributed by atoms with E-state index in [1.54, 1.807) is 11.6 Å². The van der Waals surface area contributed by atoms with Gasteiger partial charge in [-0.3, -0.25) is 0 Å². The third kappa shape index (κ3) is 2.43. The molecule has 6 nitrogen and oxygen atoms in total. The van der Waals surface area contributed by atoms with Crippen LogP contribution in [0.4, 0.5) is 0 Å². The van der Waals surface area contributed by atoms with Gasteiger partial charge < -0.3 is 9.47 Å². The smallest absolute Gasteiger partial charge is 0.214 e. The second-order valence-electron chi connectivity index (χ2n) is 4.47. The van der Waals surface area contributed by atoms with E-state index in [1.165, 1.54) is 11.3 Å². The van der Waals surface area contributed by atoms with Crippen LogP contribution in [0.15, 0.2) is 24.3 Å². The number of nitriles is 1. The Labute approximate surface area is 131 Å². The van der Waals surface area contributed by atoms with Crippen molar-refractivity contribution in [2.75, 3.05) is 13.7 Å². The number of aromatic nitrogens is 3. The Morgan fingerprint density at radius 3 is 2.91 bits per heavy atom. The molecule has 0 saturated carbocycles. The minimum absolute atomic E-state index is 0.403. The number of para-hydroxylation sites is 1. The van der Waals surface area contributed by atoms with Gasteiger partial charge in [-0.15, -0.1) is 0 Å². The van der Waals surface area contributed by atoms with Gasteiger partial charge in [-0.1, -0.05) is 23.5 Å². The quantitative estimate of drug-likeness (QED) is 0.724. The predicted octanol–water partition coefficient (Wildman–Crippen LogP) is 2.87. The van der Waals surface area contributed by atoms with Crippen LogP contribution in [0.25, 0.3) is 16.2 Å². The van der Waals surface area contributed by atoms with Crippen LogP contribution < -0.4 is 4.74 Å². The number of rotatable bonds is 5. The largest absolute Gasteiger partial charge is 0.493 e. The first-order chi connectivity index (χ1) is 10.8. The average Bonchev–Trinajstić information content (AvgIpc) is 3.05. The van der Waals surface area contributed by atoms with Gasteiger partial charge in [0.1, 0.15) is 22.5 Å². The maximum absolute atomic E-state index is 9.51. The molecule has 0 aliphatic carbocycles. The maximum Gasteiger partial charge on any atom is 0.214 e. The van der Waals surface area contributed by atoms with E-state index in [2.05, 4.69) is 16.2 Å². The first-order valence-corrected chi connectivity index (χ1v) is 7.59. The molecule has 0 spiro atoms. The number of hydrogen-bond donors (Lipinski definition) is 0. The summed E-state index contributed by atoms with van der Waals surface area (Å²) in [5.41, 5.74) is 1.79. The Morgan fingerprint density at radius 1 is 1.36 bits per heavy atom. The molecule has 7 heteroatoms. The Morgan fingerprint density at radius 2 is 2.18 bits per heavy atom. The number of fused-ring (bicyclic) bond motifs is 1. The van der Waals surface area contributed by atoms with E-state index in [4.69, 9.17) is 9.47 Å². The topological polar surface area (TPSA) is 72.4 Å². The summed E-state index contributed by atoms with van der Waals surface area (Å²) < 4.78 is 12.3. The first kappa shape index (κ1) is 14.5. The van der Waals surface area contributed by atoms with Crippen molar-refractivity contribution in [2.24, 2.45) is 0 Å². The summed E-state index contributed by atoms with van der Waals surface area (Å²) in [6, 6.07) is 9.76. The summed E-state index contributed by atoms with van der Waals surface area (Å²) in [6.07, 6.45) is 0. The van der Waals surface area contributed by atoms with Gasteiger partial charge in [0.15, 0.2) is 5.69 Å². The summed E-state index contributed by atoms with van der Waals surface area (Å²) in [5, 5.41) is 14.7. The third-order valence-electron chi connectivity index (χ3n) is 3.06. The van der Waals surface area contributed by atoms with E-state index in [0.29, 0.717) is 35.3 Å². The molecule has 0 aliphatic heterocycles. The fourth-order valence-corrected chi connectivity index (χ4v) is 3.07. The van der Waals surface area contributed by atoms with Crippen LogP contribution >= 0.6 is 11.3 Å². The Hall–Kier alpha value is -2.43.